The number of rotatable bonds is 3. The van der Waals surface area contributed by atoms with E-state index < -0.39 is 5.97 Å². The second-order valence-corrected chi connectivity index (χ2v) is 2.66. The number of carboxylic acids is 1. The van der Waals surface area contributed by atoms with Gasteiger partial charge in [0.05, 0.1) is 6.54 Å². The van der Waals surface area contributed by atoms with E-state index in [9.17, 15) is 4.79 Å². The van der Waals surface area contributed by atoms with Crippen molar-refractivity contribution in [2.75, 3.05) is 19.8 Å². The lowest BCUT2D eigenvalue weighted by Crippen LogP contribution is -2.37. The minimum atomic E-state index is -0.795. The van der Waals surface area contributed by atoms with Crippen LogP contribution >= 0.6 is 0 Å². The third-order valence-corrected chi connectivity index (χ3v) is 1.76. The van der Waals surface area contributed by atoms with E-state index in [2.05, 4.69) is 5.32 Å². The number of hydrogen-bond acceptors (Lipinski definition) is 3. The van der Waals surface area contributed by atoms with E-state index in [-0.39, 0.29) is 6.54 Å². The van der Waals surface area contributed by atoms with Crippen molar-refractivity contribution in [1.82, 2.24) is 5.32 Å². The molecule has 0 aliphatic carbocycles. The van der Waals surface area contributed by atoms with E-state index in [1.807, 2.05) is 0 Å². The number of carbonyl (C=O) groups is 1. The number of hydrogen-bond donors (Lipinski definition) is 2. The Balaban J connectivity index is 2.09. The smallest absolute Gasteiger partial charge is 0.317 e. The third-order valence-electron chi connectivity index (χ3n) is 1.76. The van der Waals surface area contributed by atoms with E-state index in [1.54, 1.807) is 0 Å². The zero-order valence-corrected chi connectivity index (χ0v) is 6.38. The molecule has 2 N–H and O–H groups in total. The van der Waals surface area contributed by atoms with Gasteiger partial charge in [0.15, 0.2) is 0 Å². The highest BCUT2D eigenvalue weighted by Gasteiger charge is 2.13. The third kappa shape index (κ3) is 3.34. The molecule has 1 rings (SSSR count). The maximum Gasteiger partial charge on any atom is 0.317 e. The molecule has 0 amide bonds. The number of nitrogens with one attached hydrogen (secondary N) is 1. The lowest BCUT2D eigenvalue weighted by atomic mass is 10.1. The van der Waals surface area contributed by atoms with Crippen LogP contribution in [0.2, 0.25) is 0 Å². The SMILES string of the molecule is O=C(O)CNC1CCOCC1. The van der Waals surface area contributed by atoms with E-state index in [0.717, 1.165) is 26.1 Å². The molecule has 0 aromatic rings. The van der Waals surface area contributed by atoms with Crippen molar-refractivity contribution in [2.45, 2.75) is 18.9 Å². The molecular formula is C7H13NO3. The number of ether oxygens (including phenoxy) is 1. The Morgan fingerprint density at radius 1 is 1.55 bits per heavy atom. The van der Waals surface area contributed by atoms with Crippen LogP contribution in [0, 0.1) is 0 Å². The monoisotopic (exact) mass is 159 g/mol. The Morgan fingerprint density at radius 3 is 2.73 bits per heavy atom. The highest BCUT2D eigenvalue weighted by Crippen LogP contribution is 2.05. The second kappa shape index (κ2) is 4.31. The zero-order valence-electron chi connectivity index (χ0n) is 6.38. The van der Waals surface area contributed by atoms with Gasteiger partial charge in [-0.2, -0.15) is 0 Å². The summed E-state index contributed by atoms with van der Waals surface area (Å²) in [7, 11) is 0. The second-order valence-electron chi connectivity index (χ2n) is 2.66. The lowest BCUT2D eigenvalue weighted by molar-refractivity contribution is -0.136. The molecule has 0 aromatic carbocycles. The Labute approximate surface area is 65.5 Å². The molecule has 1 fully saturated rings. The summed E-state index contributed by atoms with van der Waals surface area (Å²) < 4.78 is 5.12. The summed E-state index contributed by atoms with van der Waals surface area (Å²) in [4.78, 5) is 10.1. The van der Waals surface area contributed by atoms with Crippen LogP contribution in [0.1, 0.15) is 12.8 Å². The van der Waals surface area contributed by atoms with Crippen LogP contribution in [-0.4, -0.2) is 36.9 Å². The van der Waals surface area contributed by atoms with Crippen LogP contribution < -0.4 is 5.32 Å². The van der Waals surface area contributed by atoms with Gasteiger partial charge in [-0.1, -0.05) is 0 Å². The van der Waals surface area contributed by atoms with Gasteiger partial charge < -0.3 is 15.2 Å². The predicted octanol–water partition coefficient (Wildman–Crippen LogP) is -0.160. The molecule has 4 nitrogen and oxygen atoms in total. The first-order valence-corrected chi connectivity index (χ1v) is 3.82. The summed E-state index contributed by atoms with van der Waals surface area (Å²) in [6, 6.07) is 0.333. The van der Waals surface area contributed by atoms with Gasteiger partial charge in [-0.15, -0.1) is 0 Å². The average molecular weight is 159 g/mol. The first kappa shape index (κ1) is 8.49. The van der Waals surface area contributed by atoms with Gasteiger partial charge in [0.2, 0.25) is 0 Å². The molecular weight excluding hydrogens is 146 g/mol. The quantitative estimate of drug-likeness (QED) is 0.600. The molecule has 4 heteroatoms. The first-order chi connectivity index (χ1) is 5.29. The fourth-order valence-electron chi connectivity index (χ4n) is 1.13. The first-order valence-electron chi connectivity index (χ1n) is 3.82. The predicted molar refractivity (Wildman–Crippen MR) is 39.5 cm³/mol. The minimum absolute atomic E-state index is 0.0602. The Hall–Kier alpha value is -0.610. The molecule has 1 heterocycles. The van der Waals surface area contributed by atoms with Crippen LogP contribution in [0.3, 0.4) is 0 Å². The normalized spacial score (nSPS) is 20.0. The standard InChI is InChI=1S/C7H13NO3/c9-7(10)5-8-6-1-3-11-4-2-6/h6,8H,1-5H2,(H,9,10). The molecule has 0 atom stereocenters. The van der Waals surface area contributed by atoms with Crippen LogP contribution in [0.4, 0.5) is 0 Å². The molecule has 0 aromatic heterocycles. The van der Waals surface area contributed by atoms with Crippen molar-refractivity contribution in [2.24, 2.45) is 0 Å². The van der Waals surface area contributed by atoms with Gasteiger partial charge in [-0.25, -0.2) is 0 Å². The minimum Gasteiger partial charge on any atom is -0.480 e. The Kier molecular flexibility index (Phi) is 3.32. The van der Waals surface area contributed by atoms with Gasteiger partial charge in [-0.3, -0.25) is 4.79 Å². The summed E-state index contributed by atoms with van der Waals surface area (Å²) in [5.74, 6) is -0.795. The molecule has 1 aliphatic rings. The largest absolute Gasteiger partial charge is 0.480 e. The highest BCUT2D eigenvalue weighted by atomic mass is 16.5. The topological polar surface area (TPSA) is 58.6 Å². The highest BCUT2D eigenvalue weighted by molar-refractivity contribution is 5.69. The van der Waals surface area contributed by atoms with Gasteiger partial charge >= 0.3 is 5.97 Å². The Morgan fingerprint density at radius 2 is 2.18 bits per heavy atom. The Bertz CT molecular complexity index is 132. The van der Waals surface area contributed by atoms with Gasteiger partial charge in [-0.05, 0) is 12.8 Å². The molecule has 11 heavy (non-hydrogen) atoms. The van der Waals surface area contributed by atoms with Crippen molar-refractivity contribution in [3.63, 3.8) is 0 Å². The molecule has 0 bridgehead atoms. The average Bonchev–Trinajstić information content (AvgIpc) is 2.03. The van der Waals surface area contributed by atoms with E-state index in [0.29, 0.717) is 6.04 Å². The summed E-state index contributed by atoms with van der Waals surface area (Å²) in [5, 5.41) is 11.3. The van der Waals surface area contributed by atoms with Gasteiger partial charge in [0, 0.05) is 19.3 Å². The molecule has 0 saturated carbocycles. The molecule has 1 aliphatic heterocycles. The van der Waals surface area contributed by atoms with Crippen molar-refractivity contribution < 1.29 is 14.6 Å². The van der Waals surface area contributed by atoms with Crippen LogP contribution in [-0.2, 0) is 9.53 Å². The molecule has 64 valence electrons. The van der Waals surface area contributed by atoms with E-state index in [1.165, 1.54) is 0 Å². The van der Waals surface area contributed by atoms with E-state index in [4.69, 9.17) is 9.84 Å². The number of aliphatic carboxylic acids is 1. The zero-order chi connectivity index (χ0) is 8.10. The summed E-state index contributed by atoms with van der Waals surface area (Å²) in [5.41, 5.74) is 0. The molecule has 0 radical (unpaired) electrons. The van der Waals surface area contributed by atoms with Crippen LogP contribution in [0.15, 0.2) is 0 Å². The molecule has 0 spiro atoms. The summed E-state index contributed by atoms with van der Waals surface area (Å²) in [6.07, 6.45) is 1.85. The summed E-state index contributed by atoms with van der Waals surface area (Å²) in [6.45, 7) is 1.55. The van der Waals surface area contributed by atoms with Crippen molar-refractivity contribution >= 4 is 5.97 Å². The fraction of sp³-hybridized carbons (Fsp3) is 0.857. The van der Waals surface area contributed by atoms with Gasteiger partial charge in [0.25, 0.3) is 0 Å². The molecule has 0 unspecified atom stereocenters. The number of carboxylic acid groups (broad SMARTS) is 1. The van der Waals surface area contributed by atoms with Crippen molar-refractivity contribution in [1.29, 1.82) is 0 Å². The van der Waals surface area contributed by atoms with Crippen LogP contribution in [0.25, 0.3) is 0 Å². The lowest BCUT2D eigenvalue weighted by Gasteiger charge is -2.22. The van der Waals surface area contributed by atoms with Gasteiger partial charge in [0.1, 0.15) is 0 Å². The van der Waals surface area contributed by atoms with E-state index >= 15 is 0 Å². The maximum absolute atomic E-state index is 10.1. The van der Waals surface area contributed by atoms with Crippen molar-refractivity contribution in [3.05, 3.63) is 0 Å². The van der Waals surface area contributed by atoms with Crippen LogP contribution in [0.5, 0.6) is 0 Å². The van der Waals surface area contributed by atoms with Crippen molar-refractivity contribution in [3.8, 4) is 0 Å². The summed E-state index contributed by atoms with van der Waals surface area (Å²) >= 11 is 0. The fourth-order valence-corrected chi connectivity index (χ4v) is 1.13. The maximum atomic E-state index is 10.1. The molecule has 1 saturated heterocycles.